The highest BCUT2D eigenvalue weighted by atomic mass is 35.5. The normalized spacial score (nSPS) is 20.0. The Morgan fingerprint density at radius 2 is 1.79 bits per heavy atom. The van der Waals surface area contributed by atoms with E-state index in [1.165, 1.54) is 17.3 Å². The molecular weight excluding hydrogens is 456 g/mol. The van der Waals surface area contributed by atoms with Crippen molar-refractivity contribution in [2.45, 2.75) is 44.5 Å². The molecule has 0 radical (unpaired) electrons. The molecule has 0 aliphatic carbocycles. The molecule has 178 valence electrons. The molecule has 1 atom stereocenters. The SMILES string of the molecule is COc1ccc(N2CC(CN3CCC(Cc4cc(OC(C)C)ccc4Cl)CC3)SC2=O)cc1. The van der Waals surface area contributed by atoms with Crippen molar-refractivity contribution in [2.75, 3.05) is 38.2 Å². The highest BCUT2D eigenvalue weighted by molar-refractivity contribution is 8.14. The molecule has 0 N–H and O–H groups in total. The monoisotopic (exact) mass is 488 g/mol. The van der Waals surface area contributed by atoms with Gasteiger partial charge in [0.25, 0.3) is 5.24 Å². The Morgan fingerprint density at radius 1 is 1.09 bits per heavy atom. The molecule has 7 heteroatoms. The summed E-state index contributed by atoms with van der Waals surface area (Å²) in [4.78, 5) is 17.0. The van der Waals surface area contributed by atoms with Crippen molar-refractivity contribution in [3.05, 3.63) is 53.1 Å². The van der Waals surface area contributed by atoms with Crippen molar-refractivity contribution >= 4 is 34.3 Å². The predicted molar refractivity (Wildman–Crippen MR) is 137 cm³/mol. The van der Waals surface area contributed by atoms with Crippen LogP contribution in [0.25, 0.3) is 0 Å². The van der Waals surface area contributed by atoms with E-state index in [-0.39, 0.29) is 11.3 Å². The number of ether oxygens (including phenoxy) is 2. The molecule has 4 rings (SSSR count). The van der Waals surface area contributed by atoms with Gasteiger partial charge in [-0.05, 0) is 100 Å². The van der Waals surface area contributed by atoms with Gasteiger partial charge in [0.15, 0.2) is 0 Å². The summed E-state index contributed by atoms with van der Waals surface area (Å²) in [6.45, 7) is 7.92. The van der Waals surface area contributed by atoms with Gasteiger partial charge in [-0.15, -0.1) is 0 Å². The highest BCUT2D eigenvalue weighted by Gasteiger charge is 2.33. The summed E-state index contributed by atoms with van der Waals surface area (Å²) in [5.41, 5.74) is 2.12. The van der Waals surface area contributed by atoms with Gasteiger partial charge >= 0.3 is 0 Å². The number of nitrogens with zero attached hydrogens (tertiary/aromatic N) is 2. The van der Waals surface area contributed by atoms with E-state index in [1.807, 2.05) is 55.1 Å². The van der Waals surface area contributed by atoms with Crippen LogP contribution in [0.2, 0.25) is 5.02 Å². The van der Waals surface area contributed by atoms with Crippen molar-refractivity contribution in [3.8, 4) is 11.5 Å². The van der Waals surface area contributed by atoms with Crippen molar-refractivity contribution in [2.24, 2.45) is 5.92 Å². The number of thioether (sulfide) groups is 1. The molecule has 2 heterocycles. The first-order chi connectivity index (χ1) is 15.9. The molecule has 5 nitrogen and oxygen atoms in total. The highest BCUT2D eigenvalue weighted by Crippen LogP contribution is 2.33. The second kappa shape index (κ2) is 11.0. The summed E-state index contributed by atoms with van der Waals surface area (Å²) >= 11 is 7.94. The smallest absolute Gasteiger partial charge is 0.286 e. The summed E-state index contributed by atoms with van der Waals surface area (Å²) in [7, 11) is 1.65. The Balaban J connectivity index is 1.26. The van der Waals surface area contributed by atoms with Crippen LogP contribution in [0.15, 0.2) is 42.5 Å². The molecule has 2 aliphatic heterocycles. The topological polar surface area (TPSA) is 42.0 Å². The number of rotatable bonds is 8. The summed E-state index contributed by atoms with van der Waals surface area (Å²) < 4.78 is 11.1. The van der Waals surface area contributed by atoms with Crippen molar-refractivity contribution in [1.82, 2.24) is 4.90 Å². The number of carbonyl (C=O) groups excluding carboxylic acids is 1. The van der Waals surface area contributed by atoms with Crippen molar-refractivity contribution in [3.63, 3.8) is 0 Å². The molecule has 2 saturated heterocycles. The van der Waals surface area contributed by atoms with Crippen LogP contribution in [0.1, 0.15) is 32.3 Å². The summed E-state index contributed by atoms with van der Waals surface area (Å²) in [6, 6.07) is 13.7. The lowest BCUT2D eigenvalue weighted by atomic mass is 9.90. The quantitative estimate of drug-likeness (QED) is 0.447. The minimum absolute atomic E-state index is 0.137. The molecule has 0 saturated carbocycles. The van der Waals surface area contributed by atoms with Gasteiger partial charge in [0.1, 0.15) is 11.5 Å². The number of hydrogen-bond donors (Lipinski definition) is 0. The summed E-state index contributed by atoms with van der Waals surface area (Å²) in [5.74, 6) is 2.32. The predicted octanol–water partition coefficient (Wildman–Crippen LogP) is 6.13. The Kier molecular flexibility index (Phi) is 8.10. The van der Waals surface area contributed by atoms with Crippen LogP contribution in [0.5, 0.6) is 11.5 Å². The minimum atomic E-state index is 0.137. The number of benzene rings is 2. The third-order valence-electron chi connectivity index (χ3n) is 6.32. The van der Waals surface area contributed by atoms with Crippen LogP contribution in [0.4, 0.5) is 10.5 Å². The van der Waals surface area contributed by atoms with Crippen molar-refractivity contribution < 1.29 is 14.3 Å². The average molecular weight is 489 g/mol. The van der Waals surface area contributed by atoms with Gasteiger partial charge < -0.3 is 19.3 Å². The van der Waals surface area contributed by atoms with Crippen LogP contribution >= 0.6 is 23.4 Å². The molecule has 0 aromatic heterocycles. The lowest BCUT2D eigenvalue weighted by Crippen LogP contribution is -2.39. The molecule has 0 spiro atoms. The fraction of sp³-hybridized carbons (Fsp3) is 0.500. The van der Waals surface area contributed by atoms with Crippen LogP contribution in [-0.2, 0) is 6.42 Å². The molecule has 2 aromatic carbocycles. The van der Waals surface area contributed by atoms with E-state index in [1.54, 1.807) is 7.11 Å². The molecule has 33 heavy (non-hydrogen) atoms. The largest absolute Gasteiger partial charge is 0.497 e. The molecule has 0 bridgehead atoms. The minimum Gasteiger partial charge on any atom is -0.497 e. The first-order valence-electron chi connectivity index (χ1n) is 11.7. The Morgan fingerprint density at radius 3 is 2.45 bits per heavy atom. The van der Waals surface area contributed by atoms with E-state index < -0.39 is 0 Å². The lowest BCUT2D eigenvalue weighted by molar-refractivity contribution is 0.185. The maximum Gasteiger partial charge on any atom is 0.286 e. The van der Waals surface area contributed by atoms with Gasteiger partial charge in [-0.3, -0.25) is 4.79 Å². The first kappa shape index (κ1) is 24.2. The van der Waals surface area contributed by atoms with Crippen LogP contribution in [0, 0.1) is 5.92 Å². The van der Waals surface area contributed by atoms with E-state index in [4.69, 9.17) is 21.1 Å². The molecule has 2 aliphatic rings. The van der Waals surface area contributed by atoms with E-state index in [9.17, 15) is 4.79 Å². The summed E-state index contributed by atoms with van der Waals surface area (Å²) in [6.07, 6.45) is 3.45. The van der Waals surface area contributed by atoms with Gasteiger partial charge in [0.2, 0.25) is 0 Å². The van der Waals surface area contributed by atoms with Crippen LogP contribution < -0.4 is 14.4 Å². The standard InChI is InChI=1S/C26H33ClN2O3S/c1-18(2)32-23-8-9-25(27)20(15-23)14-19-10-12-28(13-11-19)16-24-17-29(26(30)33-24)21-4-6-22(31-3)7-5-21/h4-9,15,18-19,24H,10-14,16-17H2,1-3H3. The second-order valence-corrected chi connectivity index (χ2v) is 10.8. The van der Waals surface area contributed by atoms with Gasteiger partial charge in [0.05, 0.1) is 13.2 Å². The number of hydrogen-bond acceptors (Lipinski definition) is 5. The second-order valence-electron chi connectivity index (χ2n) is 9.18. The summed E-state index contributed by atoms with van der Waals surface area (Å²) in [5, 5.41) is 1.27. The number of amides is 1. The Labute approximate surface area is 206 Å². The fourth-order valence-electron chi connectivity index (χ4n) is 4.61. The zero-order chi connectivity index (χ0) is 23.4. The third-order valence-corrected chi connectivity index (χ3v) is 7.75. The van der Waals surface area contributed by atoms with Gasteiger partial charge in [-0.1, -0.05) is 23.4 Å². The molecule has 2 fully saturated rings. The zero-order valence-electron chi connectivity index (χ0n) is 19.6. The van der Waals surface area contributed by atoms with Gasteiger partial charge in [-0.25, -0.2) is 0 Å². The van der Waals surface area contributed by atoms with Gasteiger partial charge in [-0.2, -0.15) is 0 Å². The van der Waals surface area contributed by atoms with Gasteiger partial charge in [0, 0.05) is 29.0 Å². The fourth-order valence-corrected chi connectivity index (χ4v) is 5.91. The number of halogens is 1. The molecule has 1 unspecified atom stereocenters. The van der Waals surface area contributed by atoms with Crippen LogP contribution in [0.3, 0.4) is 0 Å². The lowest BCUT2D eigenvalue weighted by Gasteiger charge is -2.33. The number of likely N-dealkylation sites (tertiary alicyclic amines) is 1. The Bertz CT molecular complexity index is 945. The number of anilines is 1. The van der Waals surface area contributed by atoms with E-state index in [0.717, 1.165) is 67.7 Å². The maximum atomic E-state index is 12.6. The van der Waals surface area contributed by atoms with E-state index in [0.29, 0.717) is 11.2 Å². The molecule has 2 aromatic rings. The van der Waals surface area contributed by atoms with Crippen LogP contribution in [-0.4, -0.2) is 54.8 Å². The number of piperidine rings is 1. The zero-order valence-corrected chi connectivity index (χ0v) is 21.2. The van der Waals surface area contributed by atoms with Crippen molar-refractivity contribution in [1.29, 1.82) is 0 Å². The molecule has 1 amide bonds. The first-order valence-corrected chi connectivity index (χ1v) is 13.0. The number of methoxy groups -OCH3 is 1. The van der Waals surface area contributed by atoms with E-state index >= 15 is 0 Å². The maximum absolute atomic E-state index is 12.6. The Hall–Kier alpha value is -1.89. The third kappa shape index (κ3) is 6.37. The number of carbonyl (C=O) groups is 1. The average Bonchev–Trinajstić information content (AvgIpc) is 3.17. The van der Waals surface area contributed by atoms with E-state index in [2.05, 4.69) is 11.0 Å². The molecular formula is C26H33ClN2O3S.